The lowest BCUT2D eigenvalue weighted by Gasteiger charge is -2.05. The van der Waals surface area contributed by atoms with Crippen molar-refractivity contribution in [3.05, 3.63) is 41.5 Å². The maximum atomic E-state index is 3.85. The highest BCUT2D eigenvalue weighted by atomic mass is 14.5. The van der Waals surface area contributed by atoms with Gasteiger partial charge in [-0.1, -0.05) is 30.9 Å². The van der Waals surface area contributed by atoms with Crippen molar-refractivity contribution in [1.82, 2.24) is 0 Å². The molecule has 1 saturated carbocycles. The Kier molecular flexibility index (Phi) is 1.08. The Morgan fingerprint density at radius 2 is 2.33 bits per heavy atom. The van der Waals surface area contributed by atoms with Gasteiger partial charge in [0, 0.05) is 0 Å². The monoisotopic (exact) mass is 156 g/mol. The maximum absolute atomic E-state index is 3.85. The molecule has 60 valence electrons. The molecule has 2 unspecified atom stereocenters. The number of benzene rings is 1. The van der Waals surface area contributed by atoms with Gasteiger partial charge in [-0.25, -0.2) is 0 Å². The van der Waals surface area contributed by atoms with Crippen LogP contribution >= 0.6 is 0 Å². The second kappa shape index (κ2) is 2.01. The van der Waals surface area contributed by atoms with E-state index in [1.165, 1.54) is 18.4 Å². The molecule has 2 aliphatic rings. The quantitative estimate of drug-likeness (QED) is 0.586. The van der Waals surface area contributed by atoms with E-state index in [4.69, 9.17) is 0 Å². The summed E-state index contributed by atoms with van der Waals surface area (Å²) < 4.78 is 0. The lowest BCUT2D eigenvalue weighted by molar-refractivity contribution is 0.855. The zero-order chi connectivity index (χ0) is 8.13. The molecule has 0 nitrogen and oxygen atoms in total. The first-order chi connectivity index (χ1) is 5.90. The first-order valence-electron chi connectivity index (χ1n) is 4.64. The highest BCUT2D eigenvalue weighted by Gasteiger charge is 2.45. The van der Waals surface area contributed by atoms with E-state index in [2.05, 4.69) is 24.8 Å². The normalized spacial score (nSPS) is 29.3. The summed E-state index contributed by atoms with van der Waals surface area (Å²) in [5, 5.41) is 0. The molecule has 0 N–H and O–H groups in total. The van der Waals surface area contributed by atoms with Crippen LogP contribution in [-0.4, -0.2) is 0 Å². The molecule has 2 atom stereocenters. The molecular weight excluding hydrogens is 144 g/mol. The van der Waals surface area contributed by atoms with Gasteiger partial charge in [0.25, 0.3) is 0 Å². The highest BCUT2D eigenvalue weighted by molar-refractivity contribution is 5.58. The van der Waals surface area contributed by atoms with Crippen LogP contribution in [0, 0.1) is 5.92 Å². The third kappa shape index (κ3) is 0.677. The van der Waals surface area contributed by atoms with Crippen molar-refractivity contribution < 1.29 is 0 Å². The maximum Gasteiger partial charge on any atom is -0.0124 e. The molecule has 0 saturated heterocycles. The Labute approximate surface area is 72.9 Å². The van der Waals surface area contributed by atoms with Gasteiger partial charge >= 0.3 is 0 Å². The molecule has 0 aliphatic heterocycles. The van der Waals surface area contributed by atoms with Crippen molar-refractivity contribution in [2.45, 2.75) is 18.8 Å². The predicted molar refractivity (Wildman–Crippen MR) is 51.1 cm³/mol. The van der Waals surface area contributed by atoms with Gasteiger partial charge in [0.1, 0.15) is 0 Å². The third-order valence-electron chi connectivity index (χ3n) is 3.26. The van der Waals surface area contributed by atoms with E-state index in [1.807, 2.05) is 6.08 Å². The Morgan fingerprint density at radius 3 is 3.17 bits per heavy atom. The average Bonchev–Trinajstić information content (AvgIpc) is 2.78. The number of hydrogen-bond donors (Lipinski definition) is 0. The molecular formula is C12H12. The van der Waals surface area contributed by atoms with Gasteiger partial charge in [-0.05, 0) is 41.4 Å². The first-order valence-corrected chi connectivity index (χ1v) is 4.64. The molecule has 1 aromatic rings. The van der Waals surface area contributed by atoms with Gasteiger partial charge < -0.3 is 0 Å². The molecule has 0 spiro atoms. The Hall–Kier alpha value is -1.04. The van der Waals surface area contributed by atoms with E-state index in [-0.39, 0.29) is 0 Å². The van der Waals surface area contributed by atoms with E-state index in [1.54, 1.807) is 11.1 Å². The summed E-state index contributed by atoms with van der Waals surface area (Å²) >= 11 is 0. The first kappa shape index (κ1) is 6.47. The Balaban J connectivity index is 2.22. The second-order valence-electron chi connectivity index (χ2n) is 3.93. The van der Waals surface area contributed by atoms with Crippen molar-refractivity contribution in [2.24, 2.45) is 5.92 Å². The molecule has 0 bridgehead atoms. The lowest BCUT2D eigenvalue weighted by Crippen LogP contribution is -1.89. The van der Waals surface area contributed by atoms with Gasteiger partial charge in [0.15, 0.2) is 0 Å². The zero-order valence-electron chi connectivity index (χ0n) is 7.09. The van der Waals surface area contributed by atoms with Crippen molar-refractivity contribution in [1.29, 1.82) is 0 Å². The van der Waals surface area contributed by atoms with Gasteiger partial charge in [0.2, 0.25) is 0 Å². The van der Waals surface area contributed by atoms with E-state index in [9.17, 15) is 0 Å². The molecule has 12 heavy (non-hydrogen) atoms. The van der Waals surface area contributed by atoms with Gasteiger partial charge in [-0.15, -0.1) is 0 Å². The van der Waals surface area contributed by atoms with Crippen LogP contribution in [0.1, 0.15) is 29.0 Å². The third-order valence-corrected chi connectivity index (χ3v) is 3.26. The van der Waals surface area contributed by atoms with Crippen LogP contribution in [-0.2, 0) is 6.42 Å². The minimum absolute atomic E-state index is 0.917. The highest BCUT2D eigenvalue weighted by Crippen LogP contribution is 2.56. The fourth-order valence-corrected chi connectivity index (χ4v) is 2.51. The second-order valence-corrected chi connectivity index (χ2v) is 3.93. The van der Waals surface area contributed by atoms with Crippen LogP contribution in [0.25, 0.3) is 6.08 Å². The molecule has 0 heteroatoms. The van der Waals surface area contributed by atoms with Crippen molar-refractivity contribution >= 4 is 6.08 Å². The van der Waals surface area contributed by atoms with Crippen LogP contribution in [0.15, 0.2) is 24.8 Å². The summed E-state index contributed by atoms with van der Waals surface area (Å²) in [6.07, 6.45) is 4.74. The summed E-state index contributed by atoms with van der Waals surface area (Å²) in [4.78, 5) is 0. The fraction of sp³-hybridized carbons (Fsp3) is 0.333. The smallest absolute Gasteiger partial charge is 0.0124 e. The van der Waals surface area contributed by atoms with Crippen molar-refractivity contribution in [3.63, 3.8) is 0 Å². The fourth-order valence-electron chi connectivity index (χ4n) is 2.51. The SMILES string of the molecule is C=Cc1cccc2c1CC1CC21. The summed E-state index contributed by atoms with van der Waals surface area (Å²) in [7, 11) is 0. The molecule has 1 fully saturated rings. The summed E-state index contributed by atoms with van der Waals surface area (Å²) in [5.41, 5.74) is 4.55. The van der Waals surface area contributed by atoms with Crippen LogP contribution in [0.2, 0.25) is 0 Å². The summed E-state index contributed by atoms with van der Waals surface area (Å²) in [6.45, 7) is 3.85. The molecule has 3 rings (SSSR count). The van der Waals surface area contributed by atoms with Gasteiger partial charge in [0.05, 0.1) is 0 Å². The van der Waals surface area contributed by atoms with Crippen molar-refractivity contribution in [2.75, 3.05) is 0 Å². The van der Waals surface area contributed by atoms with E-state index in [0.717, 1.165) is 11.8 Å². The van der Waals surface area contributed by atoms with Crippen molar-refractivity contribution in [3.8, 4) is 0 Å². The van der Waals surface area contributed by atoms with Gasteiger partial charge in [-0.2, -0.15) is 0 Å². The van der Waals surface area contributed by atoms with Gasteiger partial charge in [-0.3, -0.25) is 0 Å². The van der Waals surface area contributed by atoms with E-state index < -0.39 is 0 Å². The molecule has 0 aromatic heterocycles. The Bertz CT molecular complexity index is 349. The van der Waals surface area contributed by atoms with Crippen LogP contribution in [0.5, 0.6) is 0 Å². The van der Waals surface area contributed by atoms with Crippen LogP contribution < -0.4 is 0 Å². The molecule has 0 radical (unpaired) electrons. The van der Waals surface area contributed by atoms with E-state index in [0.29, 0.717) is 0 Å². The van der Waals surface area contributed by atoms with Crippen LogP contribution in [0.3, 0.4) is 0 Å². The number of hydrogen-bond acceptors (Lipinski definition) is 0. The number of rotatable bonds is 1. The topological polar surface area (TPSA) is 0 Å². The Morgan fingerprint density at radius 1 is 1.42 bits per heavy atom. The number of fused-ring (bicyclic) bond motifs is 3. The lowest BCUT2D eigenvalue weighted by atomic mass is 10.00. The predicted octanol–water partition coefficient (Wildman–Crippen LogP) is 2.99. The summed E-state index contributed by atoms with van der Waals surface area (Å²) in [5.74, 6) is 1.90. The largest absolute Gasteiger partial charge is 0.0985 e. The minimum Gasteiger partial charge on any atom is -0.0985 e. The standard InChI is InChI=1S/C12H12/c1-2-8-4-3-5-10-11(8)6-9-7-12(9)10/h2-5,9,12H,1,6-7H2. The molecule has 2 aliphatic carbocycles. The zero-order valence-corrected chi connectivity index (χ0v) is 7.09. The minimum atomic E-state index is 0.917. The molecule has 0 heterocycles. The molecule has 1 aromatic carbocycles. The summed E-state index contributed by atoms with van der Waals surface area (Å²) in [6, 6.07) is 6.63. The molecule has 0 amide bonds. The van der Waals surface area contributed by atoms with Crippen LogP contribution in [0.4, 0.5) is 0 Å². The average molecular weight is 156 g/mol. The van der Waals surface area contributed by atoms with E-state index >= 15 is 0 Å².